The van der Waals surface area contributed by atoms with Gasteiger partial charge in [0.25, 0.3) is 0 Å². The number of hydrogen-bond acceptors (Lipinski definition) is 4. The van der Waals surface area contributed by atoms with E-state index in [1.165, 1.54) is 6.92 Å². The number of carbonyl (C=O) groups is 1. The monoisotopic (exact) mass is 571 g/mol. The Morgan fingerprint density at radius 2 is 1.62 bits per heavy atom. The third kappa shape index (κ3) is 7.48. The molecule has 2 heterocycles. The number of nitrogens with one attached hydrogen (secondary N) is 1. The molecule has 220 valence electrons. The second-order valence-electron chi connectivity index (χ2n) is 11.0. The van der Waals surface area contributed by atoms with Crippen LogP contribution in [-0.4, -0.2) is 55.2 Å². The largest absolute Gasteiger partial charge is 0.416 e. The van der Waals surface area contributed by atoms with Crippen molar-refractivity contribution in [1.29, 1.82) is 0 Å². The summed E-state index contributed by atoms with van der Waals surface area (Å²) in [5, 5.41) is 3.14. The number of alkyl halides is 6. The van der Waals surface area contributed by atoms with Crippen LogP contribution in [0.2, 0.25) is 0 Å². The normalized spacial score (nSPS) is 23.3. The Labute approximate surface area is 230 Å². The van der Waals surface area contributed by atoms with E-state index in [2.05, 4.69) is 15.1 Å². The van der Waals surface area contributed by atoms with Crippen LogP contribution in [0.5, 0.6) is 0 Å². The molecule has 0 bridgehead atoms. The van der Waals surface area contributed by atoms with E-state index in [4.69, 9.17) is 4.74 Å². The minimum Gasteiger partial charge on any atom is -0.371 e. The first kappa shape index (κ1) is 30.2. The summed E-state index contributed by atoms with van der Waals surface area (Å²) in [5.41, 5.74) is -2.65. The molecule has 2 aliphatic heterocycles. The fourth-order valence-corrected chi connectivity index (χ4v) is 5.48. The van der Waals surface area contributed by atoms with Gasteiger partial charge in [-0.05, 0) is 88.5 Å². The Morgan fingerprint density at radius 1 is 1.02 bits per heavy atom. The van der Waals surface area contributed by atoms with E-state index in [0.29, 0.717) is 38.1 Å². The summed E-state index contributed by atoms with van der Waals surface area (Å²) in [7, 11) is 0. The molecule has 5 nitrogen and oxygen atoms in total. The molecular weight excluding hydrogens is 536 g/mol. The van der Waals surface area contributed by atoms with Crippen molar-refractivity contribution in [3.8, 4) is 0 Å². The van der Waals surface area contributed by atoms with E-state index in [1.54, 1.807) is 0 Å². The van der Waals surface area contributed by atoms with Crippen LogP contribution in [0.25, 0.3) is 0 Å². The lowest BCUT2D eigenvalue weighted by atomic mass is 9.86. The molecule has 40 heavy (non-hydrogen) atoms. The number of nitrogens with zero attached hydrogens (tertiary/aromatic N) is 2. The Balaban J connectivity index is 1.49. The van der Waals surface area contributed by atoms with Crippen molar-refractivity contribution in [3.05, 3.63) is 65.2 Å². The molecular formula is C29H35F6N3O2. The third-order valence-electron chi connectivity index (χ3n) is 7.81. The lowest BCUT2D eigenvalue weighted by molar-refractivity contribution is -0.143. The molecule has 2 fully saturated rings. The number of halogens is 6. The van der Waals surface area contributed by atoms with E-state index in [0.717, 1.165) is 31.6 Å². The summed E-state index contributed by atoms with van der Waals surface area (Å²) in [6, 6.07) is 10.9. The van der Waals surface area contributed by atoms with Crippen molar-refractivity contribution < 1.29 is 35.9 Å². The van der Waals surface area contributed by atoms with Crippen LogP contribution >= 0.6 is 0 Å². The van der Waals surface area contributed by atoms with Gasteiger partial charge in [0.2, 0.25) is 5.91 Å². The molecule has 0 spiro atoms. The van der Waals surface area contributed by atoms with Gasteiger partial charge in [-0.1, -0.05) is 18.2 Å². The van der Waals surface area contributed by atoms with Crippen molar-refractivity contribution in [3.63, 3.8) is 0 Å². The van der Waals surface area contributed by atoms with Gasteiger partial charge in [0.15, 0.2) is 0 Å². The summed E-state index contributed by atoms with van der Waals surface area (Å²) in [6.07, 6.45) is -7.44. The van der Waals surface area contributed by atoms with E-state index < -0.39 is 35.1 Å². The number of rotatable bonds is 8. The molecule has 11 heteroatoms. The molecule has 0 aromatic heterocycles. The quantitative estimate of drug-likeness (QED) is 0.371. The van der Waals surface area contributed by atoms with Gasteiger partial charge in [-0.3, -0.25) is 9.69 Å². The number of amides is 1. The van der Waals surface area contributed by atoms with E-state index >= 15 is 0 Å². The molecule has 0 saturated carbocycles. The molecule has 2 aliphatic rings. The van der Waals surface area contributed by atoms with Gasteiger partial charge in [-0.25, -0.2) is 0 Å². The first-order valence-corrected chi connectivity index (χ1v) is 13.5. The topological polar surface area (TPSA) is 44.8 Å². The summed E-state index contributed by atoms with van der Waals surface area (Å²) in [5.74, 6) is -0.0293. The maximum atomic E-state index is 13.4. The number of ether oxygens (including phenoxy) is 1. The van der Waals surface area contributed by atoms with Crippen molar-refractivity contribution in [1.82, 2.24) is 10.2 Å². The predicted octanol–water partition coefficient (Wildman–Crippen LogP) is 6.44. The maximum Gasteiger partial charge on any atom is 0.416 e. The van der Waals surface area contributed by atoms with E-state index in [9.17, 15) is 31.1 Å². The van der Waals surface area contributed by atoms with E-state index in [-0.39, 0.29) is 30.2 Å². The zero-order valence-corrected chi connectivity index (χ0v) is 22.6. The lowest BCUT2D eigenvalue weighted by Gasteiger charge is -2.49. The van der Waals surface area contributed by atoms with Crippen LogP contribution in [0.4, 0.5) is 32.0 Å². The summed E-state index contributed by atoms with van der Waals surface area (Å²) >= 11 is 0. The minimum atomic E-state index is -4.93. The van der Waals surface area contributed by atoms with Crippen molar-refractivity contribution in [2.45, 2.75) is 69.6 Å². The van der Waals surface area contributed by atoms with Gasteiger partial charge in [0.1, 0.15) is 0 Å². The van der Waals surface area contributed by atoms with Crippen LogP contribution in [0, 0.1) is 0 Å². The smallest absolute Gasteiger partial charge is 0.371 e. The molecule has 4 rings (SSSR count). The van der Waals surface area contributed by atoms with Crippen LogP contribution in [0.3, 0.4) is 0 Å². The Morgan fingerprint density at radius 3 is 2.20 bits per heavy atom. The highest BCUT2D eigenvalue weighted by molar-refractivity contribution is 5.78. The fourth-order valence-electron chi connectivity index (χ4n) is 5.48. The highest BCUT2D eigenvalue weighted by Gasteiger charge is 2.40. The maximum absolute atomic E-state index is 13.4. The van der Waals surface area contributed by atoms with Crippen LogP contribution in [0.15, 0.2) is 48.5 Å². The molecule has 2 aromatic rings. The molecule has 2 saturated heterocycles. The first-order chi connectivity index (χ1) is 18.7. The molecule has 0 radical (unpaired) electrons. The second kappa shape index (κ2) is 12.0. The fraction of sp³-hybridized carbons (Fsp3) is 0.552. The van der Waals surface area contributed by atoms with Gasteiger partial charge in [0.05, 0.1) is 35.9 Å². The van der Waals surface area contributed by atoms with Crippen molar-refractivity contribution >= 4 is 11.6 Å². The van der Waals surface area contributed by atoms with Gasteiger partial charge in [-0.15, -0.1) is 0 Å². The highest BCUT2D eigenvalue weighted by atomic mass is 19.4. The standard InChI is InChI=1S/C29H35F6N3O2/c1-20(21-14-22(28(30,31)32)16-23(15-21)29(33,34)35)40-19-27(2)11-10-24(17-38(27)25-8-4-3-5-9-25)36-26(39)18-37-12-6-7-13-37/h3-5,8-9,14-16,20,24H,6-7,10-13,17-19H2,1-2H3,(H,36,39)/t20?,24-,27+/m0/s1. The first-order valence-electron chi connectivity index (χ1n) is 13.5. The number of anilines is 1. The van der Waals surface area contributed by atoms with Crippen molar-refractivity contribution in [2.75, 3.05) is 37.7 Å². The Hall–Kier alpha value is -2.79. The highest BCUT2D eigenvalue weighted by Crippen LogP contribution is 2.39. The summed E-state index contributed by atoms with van der Waals surface area (Å²) < 4.78 is 86.2. The number of para-hydroxylation sites is 1. The molecule has 0 aliphatic carbocycles. The van der Waals surface area contributed by atoms with E-state index in [1.807, 2.05) is 37.3 Å². The summed E-state index contributed by atoms with van der Waals surface area (Å²) in [4.78, 5) is 16.9. The minimum absolute atomic E-state index is 0.0293. The van der Waals surface area contributed by atoms with Crippen LogP contribution in [0.1, 0.15) is 62.3 Å². The van der Waals surface area contributed by atoms with Gasteiger partial charge in [0, 0.05) is 18.3 Å². The van der Waals surface area contributed by atoms with Crippen molar-refractivity contribution in [2.24, 2.45) is 0 Å². The number of piperidine rings is 1. The molecule has 1 unspecified atom stereocenters. The number of hydrogen-bond donors (Lipinski definition) is 1. The SMILES string of the molecule is CC(OC[C@@]1(C)CC[C@H](NC(=O)CN2CCCC2)CN1c1ccccc1)c1cc(C(F)(F)F)cc(C(F)(F)F)c1. The molecule has 3 atom stereocenters. The lowest BCUT2D eigenvalue weighted by Crippen LogP contribution is -2.60. The third-order valence-corrected chi connectivity index (χ3v) is 7.81. The van der Waals surface area contributed by atoms with Gasteiger partial charge < -0.3 is 15.0 Å². The van der Waals surface area contributed by atoms with Gasteiger partial charge >= 0.3 is 12.4 Å². The average molecular weight is 572 g/mol. The number of benzene rings is 2. The Kier molecular flexibility index (Phi) is 9.04. The second-order valence-corrected chi connectivity index (χ2v) is 11.0. The zero-order valence-electron chi connectivity index (χ0n) is 22.6. The summed E-state index contributed by atoms with van der Waals surface area (Å²) in [6.45, 7) is 6.16. The van der Waals surface area contributed by atoms with Crippen LogP contribution in [-0.2, 0) is 21.9 Å². The number of likely N-dealkylation sites (tertiary alicyclic amines) is 1. The molecule has 1 amide bonds. The zero-order chi connectivity index (χ0) is 29.1. The molecule has 1 N–H and O–H groups in total. The number of carbonyl (C=O) groups excluding carboxylic acids is 1. The van der Waals surface area contributed by atoms with Crippen LogP contribution < -0.4 is 10.2 Å². The molecule has 2 aromatic carbocycles. The van der Waals surface area contributed by atoms with Gasteiger partial charge in [-0.2, -0.15) is 26.3 Å². The Bertz CT molecular complexity index is 1120. The average Bonchev–Trinajstić information content (AvgIpc) is 3.40. The predicted molar refractivity (Wildman–Crippen MR) is 140 cm³/mol.